The summed E-state index contributed by atoms with van der Waals surface area (Å²) in [7, 11) is -3.82. The summed E-state index contributed by atoms with van der Waals surface area (Å²) in [5, 5.41) is 2.99. The fourth-order valence-corrected chi connectivity index (χ4v) is 5.11. The van der Waals surface area contributed by atoms with E-state index in [-0.39, 0.29) is 35.8 Å². The molecule has 2 aromatic rings. The third-order valence-corrected chi connectivity index (χ3v) is 7.32. The molecule has 1 aliphatic heterocycles. The van der Waals surface area contributed by atoms with Crippen LogP contribution in [0.3, 0.4) is 0 Å². The summed E-state index contributed by atoms with van der Waals surface area (Å²) in [5.41, 5.74) is 0.663. The van der Waals surface area contributed by atoms with Crippen LogP contribution in [-0.2, 0) is 14.8 Å². The summed E-state index contributed by atoms with van der Waals surface area (Å²) in [6.45, 7) is 1.00. The molecule has 2 aliphatic rings. The Kier molecular flexibility index (Phi) is 5.86. The van der Waals surface area contributed by atoms with Crippen molar-refractivity contribution in [1.29, 1.82) is 0 Å². The van der Waals surface area contributed by atoms with E-state index < -0.39 is 21.9 Å². The van der Waals surface area contributed by atoms with Crippen LogP contribution in [0.15, 0.2) is 53.4 Å². The average molecular weight is 435 g/mol. The van der Waals surface area contributed by atoms with Gasteiger partial charge < -0.3 is 5.32 Å². The highest BCUT2D eigenvalue weighted by Gasteiger charge is 2.36. The van der Waals surface area contributed by atoms with Crippen LogP contribution in [0.2, 0.25) is 0 Å². The molecule has 2 fully saturated rings. The minimum atomic E-state index is -3.82. The van der Waals surface area contributed by atoms with Crippen molar-refractivity contribution in [2.24, 2.45) is 0 Å². The molecule has 1 N–H and O–H groups in total. The van der Waals surface area contributed by atoms with Gasteiger partial charge in [-0.15, -0.1) is 0 Å². The number of amides is 1. The normalized spacial score (nSPS) is 19.4. The molecule has 0 aromatic heterocycles. The number of piperazine rings is 1. The predicted molar refractivity (Wildman–Crippen MR) is 107 cm³/mol. The Morgan fingerprint density at radius 3 is 2.23 bits per heavy atom. The largest absolute Gasteiger partial charge is 0.352 e. The van der Waals surface area contributed by atoms with Gasteiger partial charge in [-0.25, -0.2) is 17.2 Å². The third kappa shape index (κ3) is 4.53. The van der Waals surface area contributed by atoms with Crippen LogP contribution >= 0.6 is 0 Å². The lowest BCUT2D eigenvalue weighted by molar-refractivity contribution is -0.127. The zero-order valence-corrected chi connectivity index (χ0v) is 17.1. The van der Waals surface area contributed by atoms with Crippen molar-refractivity contribution >= 4 is 15.9 Å². The summed E-state index contributed by atoms with van der Waals surface area (Å²) < 4.78 is 53.8. The number of sulfonamides is 1. The fourth-order valence-electron chi connectivity index (χ4n) is 3.66. The molecule has 30 heavy (non-hydrogen) atoms. The molecule has 0 spiro atoms. The molecule has 1 amide bonds. The smallest absolute Gasteiger partial charge is 0.243 e. The number of rotatable bonds is 6. The first-order chi connectivity index (χ1) is 14.3. The highest BCUT2D eigenvalue weighted by molar-refractivity contribution is 7.89. The number of hydrogen-bond donors (Lipinski definition) is 1. The molecule has 4 rings (SSSR count). The van der Waals surface area contributed by atoms with E-state index in [2.05, 4.69) is 5.32 Å². The fraction of sp³-hybridized carbons (Fsp3) is 0.381. The Morgan fingerprint density at radius 2 is 1.63 bits per heavy atom. The van der Waals surface area contributed by atoms with E-state index in [9.17, 15) is 22.0 Å². The Hall–Kier alpha value is -2.36. The Labute approximate surface area is 174 Å². The maximum absolute atomic E-state index is 13.5. The van der Waals surface area contributed by atoms with Crippen LogP contribution < -0.4 is 5.32 Å². The first-order valence-electron chi connectivity index (χ1n) is 9.90. The van der Waals surface area contributed by atoms with Gasteiger partial charge in [0.15, 0.2) is 0 Å². The van der Waals surface area contributed by atoms with E-state index in [1.807, 2.05) is 4.90 Å². The topological polar surface area (TPSA) is 69.7 Å². The highest BCUT2D eigenvalue weighted by Crippen LogP contribution is 2.27. The molecular weight excluding hydrogens is 412 g/mol. The van der Waals surface area contributed by atoms with Crippen molar-refractivity contribution in [3.05, 3.63) is 65.7 Å². The van der Waals surface area contributed by atoms with Crippen molar-refractivity contribution in [2.75, 3.05) is 26.2 Å². The molecule has 0 bridgehead atoms. The quantitative estimate of drug-likeness (QED) is 0.756. The zero-order chi connectivity index (χ0) is 21.3. The van der Waals surface area contributed by atoms with E-state index in [1.54, 1.807) is 12.1 Å². The summed E-state index contributed by atoms with van der Waals surface area (Å²) in [5.74, 6) is -1.15. The molecular formula is C21H23F2N3O3S. The van der Waals surface area contributed by atoms with Crippen LogP contribution in [0, 0.1) is 11.6 Å². The monoisotopic (exact) mass is 435 g/mol. The lowest BCUT2D eigenvalue weighted by Gasteiger charge is -2.38. The first-order valence-corrected chi connectivity index (χ1v) is 11.3. The van der Waals surface area contributed by atoms with E-state index in [0.717, 1.165) is 18.9 Å². The third-order valence-electron chi connectivity index (χ3n) is 5.43. The van der Waals surface area contributed by atoms with Crippen molar-refractivity contribution in [1.82, 2.24) is 14.5 Å². The van der Waals surface area contributed by atoms with Gasteiger partial charge in [0.05, 0.1) is 4.90 Å². The SMILES string of the molecule is O=C(NC1CC1)C(c1ccc(F)cc1)N1CCN(S(=O)(=O)c2cccc(F)c2)CC1. The van der Waals surface area contributed by atoms with Gasteiger partial charge in [-0.05, 0) is 48.7 Å². The number of nitrogens with zero attached hydrogens (tertiary/aromatic N) is 2. The van der Waals surface area contributed by atoms with Crippen molar-refractivity contribution in [2.45, 2.75) is 29.8 Å². The second-order valence-electron chi connectivity index (χ2n) is 7.63. The molecule has 6 nitrogen and oxygen atoms in total. The minimum Gasteiger partial charge on any atom is -0.352 e. The van der Waals surface area contributed by atoms with Gasteiger partial charge in [0.2, 0.25) is 15.9 Å². The Bertz CT molecular complexity index is 1020. The first kappa shape index (κ1) is 20.9. The lowest BCUT2D eigenvalue weighted by atomic mass is 10.0. The van der Waals surface area contributed by atoms with E-state index in [4.69, 9.17) is 0 Å². The van der Waals surface area contributed by atoms with Crippen LogP contribution in [-0.4, -0.2) is 55.8 Å². The lowest BCUT2D eigenvalue weighted by Crippen LogP contribution is -2.52. The molecule has 1 heterocycles. The molecule has 0 radical (unpaired) electrons. The maximum Gasteiger partial charge on any atom is 0.243 e. The summed E-state index contributed by atoms with van der Waals surface area (Å²) in [6, 6.07) is 10.3. The molecule has 9 heteroatoms. The van der Waals surface area contributed by atoms with E-state index in [1.165, 1.54) is 34.6 Å². The average Bonchev–Trinajstić information content (AvgIpc) is 3.54. The van der Waals surface area contributed by atoms with Crippen molar-refractivity contribution in [3.63, 3.8) is 0 Å². The highest BCUT2D eigenvalue weighted by atomic mass is 32.2. The number of carbonyl (C=O) groups is 1. The van der Waals surface area contributed by atoms with Gasteiger partial charge in [0, 0.05) is 32.2 Å². The van der Waals surface area contributed by atoms with Crippen molar-refractivity contribution < 1.29 is 22.0 Å². The van der Waals surface area contributed by atoms with Crippen molar-refractivity contribution in [3.8, 4) is 0 Å². The van der Waals surface area contributed by atoms with Gasteiger partial charge in [-0.2, -0.15) is 4.31 Å². The van der Waals surface area contributed by atoms with Crippen LogP contribution in [0.1, 0.15) is 24.4 Å². The summed E-state index contributed by atoms with van der Waals surface area (Å²) in [4.78, 5) is 14.7. The Morgan fingerprint density at radius 1 is 0.967 bits per heavy atom. The number of carbonyl (C=O) groups excluding carboxylic acids is 1. The van der Waals surface area contributed by atoms with Gasteiger partial charge in [0.1, 0.15) is 17.7 Å². The number of hydrogen-bond acceptors (Lipinski definition) is 4. The Balaban J connectivity index is 1.50. The number of halogens is 2. The van der Waals surface area contributed by atoms with Crippen LogP contribution in [0.4, 0.5) is 8.78 Å². The molecule has 1 atom stereocenters. The summed E-state index contributed by atoms with van der Waals surface area (Å²) >= 11 is 0. The second-order valence-corrected chi connectivity index (χ2v) is 9.57. The molecule has 1 aliphatic carbocycles. The van der Waals surface area contributed by atoms with Gasteiger partial charge >= 0.3 is 0 Å². The van der Waals surface area contributed by atoms with Gasteiger partial charge in [-0.3, -0.25) is 9.69 Å². The zero-order valence-electron chi connectivity index (χ0n) is 16.3. The van der Waals surface area contributed by atoms with Crippen LogP contribution in [0.25, 0.3) is 0 Å². The molecule has 2 aromatic carbocycles. The second kappa shape index (κ2) is 8.41. The molecule has 160 valence electrons. The molecule has 1 unspecified atom stereocenters. The molecule has 1 saturated heterocycles. The predicted octanol–water partition coefficient (Wildman–Crippen LogP) is 2.29. The van der Waals surface area contributed by atoms with Gasteiger partial charge in [0.25, 0.3) is 0 Å². The standard InChI is InChI=1S/C21H23F2N3O3S/c22-16-6-4-15(5-7-16)20(21(27)24-18-8-9-18)25-10-12-26(13-11-25)30(28,29)19-3-1-2-17(23)14-19/h1-7,14,18,20H,8-13H2,(H,24,27). The maximum atomic E-state index is 13.5. The van der Waals surface area contributed by atoms with Crippen LogP contribution in [0.5, 0.6) is 0 Å². The summed E-state index contributed by atoms with van der Waals surface area (Å²) in [6.07, 6.45) is 1.89. The molecule has 1 saturated carbocycles. The number of nitrogens with one attached hydrogen (secondary N) is 1. The minimum absolute atomic E-state index is 0.0856. The van der Waals surface area contributed by atoms with E-state index in [0.29, 0.717) is 18.7 Å². The van der Waals surface area contributed by atoms with Gasteiger partial charge in [-0.1, -0.05) is 18.2 Å². The van der Waals surface area contributed by atoms with E-state index >= 15 is 0 Å². The number of benzene rings is 2.